The molecule has 18 heavy (non-hydrogen) atoms. The van der Waals surface area contributed by atoms with Crippen LogP contribution in [0.1, 0.15) is 33.6 Å². The van der Waals surface area contributed by atoms with E-state index in [2.05, 4.69) is 12.2 Å². The van der Waals surface area contributed by atoms with Crippen LogP contribution in [0.4, 0.5) is 5.69 Å². The second-order valence-electron chi connectivity index (χ2n) is 4.97. The number of nitrogens with one attached hydrogen (secondary N) is 1. The van der Waals surface area contributed by atoms with Crippen molar-refractivity contribution >= 4 is 11.6 Å². The Bertz CT molecular complexity index is 427. The number of rotatable bonds is 5. The summed E-state index contributed by atoms with van der Waals surface area (Å²) in [4.78, 5) is 12.1. The van der Waals surface area contributed by atoms with Gasteiger partial charge in [0.2, 0.25) is 5.91 Å². The normalized spacial score (nSPS) is 11.1. The third-order valence-corrected chi connectivity index (χ3v) is 2.93. The zero-order valence-corrected chi connectivity index (χ0v) is 11.4. The zero-order valence-electron chi connectivity index (χ0n) is 11.4. The molecule has 4 nitrogen and oxygen atoms in total. The van der Waals surface area contributed by atoms with Crippen LogP contribution < -0.4 is 10.1 Å². The van der Waals surface area contributed by atoms with E-state index in [9.17, 15) is 9.90 Å². The zero-order chi connectivity index (χ0) is 13.8. The highest BCUT2D eigenvalue weighted by molar-refractivity contribution is 5.95. The van der Waals surface area contributed by atoms with Crippen LogP contribution >= 0.6 is 0 Å². The third kappa shape index (κ3) is 3.39. The first-order valence-corrected chi connectivity index (χ1v) is 6.09. The van der Waals surface area contributed by atoms with E-state index >= 15 is 0 Å². The summed E-state index contributed by atoms with van der Waals surface area (Å²) in [5, 5.41) is 12.3. The van der Waals surface area contributed by atoms with Gasteiger partial charge in [-0.3, -0.25) is 4.79 Å². The van der Waals surface area contributed by atoms with Crippen LogP contribution in [0, 0.1) is 5.41 Å². The smallest absolute Gasteiger partial charge is 0.230 e. The maximum absolute atomic E-state index is 12.1. The van der Waals surface area contributed by atoms with Gasteiger partial charge in [-0.15, -0.1) is 0 Å². The third-order valence-electron chi connectivity index (χ3n) is 2.93. The van der Waals surface area contributed by atoms with Gasteiger partial charge in [0.1, 0.15) is 0 Å². The molecule has 0 aliphatic carbocycles. The summed E-state index contributed by atoms with van der Waals surface area (Å²) in [5.74, 6) is 0.376. The molecule has 0 saturated heterocycles. The lowest BCUT2D eigenvalue weighted by molar-refractivity contribution is -0.124. The van der Waals surface area contributed by atoms with Gasteiger partial charge in [0.25, 0.3) is 0 Å². The van der Waals surface area contributed by atoms with Crippen LogP contribution in [0.3, 0.4) is 0 Å². The lowest BCUT2D eigenvalue weighted by Gasteiger charge is -2.23. The van der Waals surface area contributed by atoms with E-state index in [1.165, 1.54) is 13.2 Å². The van der Waals surface area contributed by atoms with Crippen LogP contribution in [0.15, 0.2) is 18.2 Å². The molecule has 1 aromatic rings. The monoisotopic (exact) mass is 251 g/mol. The maximum Gasteiger partial charge on any atom is 0.230 e. The van der Waals surface area contributed by atoms with Gasteiger partial charge >= 0.3 is 0 Å². The van der Waals surface area contributed by atoms with Gasteiger partial charge in [0.05, 0.1) is 7.11 Å². The first-order valence-electron chi connectivity index (χ1n) is 6.09. The Hall–Kier alpha value is -1.71. The molecule has 0 aliphatic heterocycles. The molecule has 4 heteroatoms. The molecule has 0 fully saturated rings. The molecule has 0 bridgehead atoms. The van der Waals surface area contributed by atoms with Crippen LogP contribution in [0.25, 0.3) is 0 Å². The van der Waals surface area contributed by atoms with Crippen LogP contribution in [-0.4, -0.2) is 18.1 Å². The van der Waals surface area contributed by atoms with Crippen molar-refractivity contribution in [2.75, 3.05) is 12.4 Å². The molecule has 2 N–H and O–H groups in total. The minimum atomic E-state index is -0.403. The highest BCUT2D eigenvalue weighted by Crippen LogP contribution is 2.30. The molecular weight excluding hydrogens is 230 g/mol. The molecule has 0 saturated carbocycles. The molecule has 100 valence electrons. The second kappa shape index (κ2) is 5.76. The molecule has 0 spiro atoms. The average molecular weight is 251 g/mol. The van der Waals surface area contributed by atoms with Crippen LogP contribution in [-0.2, 0) is 4.79 Å². The molecule has 1 amide bonds. The molecule has 0 aromatic heterocycles. The Balaban J connectivity index is 2.82. The molecular formula is C14H21NO3. The number of benzene rings is 1. The van der Waals surface area contributed by atoms with Gasteiger partial charge in [0, 0.05) is 17.2 Å². The highest BCUT2D eigenvalue weighted by atomic mass is 16.5. The van der Waals surface area contributed by atoms with Gasteiger partial charge < -0.3 is 15.2 Å². The first-order chi connectivity index (χ1) is 8.40. The largest absolute Gasteiger partial charge is 0.504 e. The molecule has 0 radical (unpaired) electrons. The number of carbonyl (C=O) groups excluding carboxylic acids is 1. The number of hydrogen-bond acceptors (Lipinski definition) is 3. The number of aromatic hydroxyl groups is 1. The van der Waals surface area contributed by atoms with Crippen LogP contribution in [0.2, 0.25) is 0 Å². The quantitative estimate of drug-likeness (QED) is 0.790. The number of ether oxygens (including phenoxy) is 1. The Morgan fingerprint density at radius 1 is 1.44 bits per heavy atom. The molecule has 0 unspecified atom stereocenters. The second-order valence-corrected chi connectivity index (χ2v) is 4.97. The van der Waals surface area contributed by atoms with Crippen molar-refractivity contribution in [3.63, 3.8) is 0 Å². The number of anilines is 1. The van der Waals surface area contributed by atoms with E-state index in [-0.39, 0.29) is 11.7 Å². The van der Waals surface area contributed by atoms with Crippen molar-refractivity contribution in [2.24, 2.45) is 5.41 Å². The topological polar surface area (TPSA) is 58.6 Å². The van der Waals surface area contributed by atoms with Gasteiger partial charge in [-0.25, -0.2) is 0 Å². The van der Waals surface area contributed by atoms with E-state index in [0.29, 0.717) is 11.4 Å². The Morgan fingerprint density at radius 2 is 2.11 bits per heavy atom. The fourth-order valence-electron chi connectivity index (χ4n) is 1.79. The molecule has 0 heterocycles. The summed E-state index contributed by atoms with van der Waals surface area (Å²) in [6.45, 7) is 5.89. The fourth-order valence-corrected chi connectivity index (χ4v) is 1.79. The van der Waals surface area contributed by atoms with E-state index < -0.39 is 5.41 Å². The number of hydrogen-bond donors (Lipinski definition) is 2. The maximum atomic E-state index is 12.1. The predicted octanol–water partition coefficient (Wildman–Crippen LogP) is 3.17. The van der Waals surface area contributed by atoms with E-state index in [1.807, 2.05) is 13.8 Å². The average Bonchev–Trinajstić information content (AvgIpc) is 2.31. The summed E-state index contributed by atoms with van der Waals surface area (Å²) in [6.07, 6.45) is 1.79. The fraction of sp³-hybridized carbons (Fsp3) is 0.500. The van der Waals surface area contributed by atoms with E-state index in [1.54, 1.807) is 12.1 Å². The summed E-state index contributed by atoms with van der Waals surface area (Å²) in [7, 11) is 1.47. The highest BCUT2D eigenvalue weighted by Gasteiger charge is 2.26. The lowest BCUT2D eigenvalue weighted by atomic mass is 9.87. The Kier molecular flexibility index (Phi) is 4.59. The van der Waals surface area contributed by atoms with Gasteiger partial charge in [-0.2, -0.15) is 0 Å². The van der Waals surface area contributed by atoms with Crippen molar-refractivity contribution in [2.45, 2.75) is 33.6 Å². The van der Waals surface area contributed by atoms with Crippen molar-refractivity contribution < 1.29 is 14.6 Å². The summed E-state index contributed by atoms with van der Waals surface area (Å²) >= 11 is 0. The Morgan fingerprint density at radius 3 is 2.67 bits per heavy atom. The van der Waals surface area contributed by atoms with Crippen molar-refractivity contribution in [3.05, 3.63) is 18.2 Å². The van der Waals surface area contributed by atoms with Crippen molar-refractivity contribution in [1.82, 2.24) is 0 Å². The standard InChI is InChI=1S/C14H21NO3/c1-5-8-14(2,3)13(17)15-10-6-7-11(16)12(9-10)18-4/h6-7,9,16H,5,8H2,1-4H3,(H,15,17). The summed E-state index contributed by atoms with van der Waals surface area (Å²) in [6, 6.07) is 4.76. The van der Waals surface area contributed by atoms with Gasteiger partial charge in [0.15, 0.2) is 11.5 Å². The van der Waals surface area contributed by atoms with Gasteiger partial charge in [-0.1, -0.05) is 27.2 Å². The summed E-state index contributed by atoms with van der Waals surface area (Å²) in [5.41, 5.74) is 0.221. The molecule has 1 aromatic carbocycles. The Labute approximate surface area is 108 Å². The SMILES string of the molecule is CCCC(C)(C)C(=O)Nc1ccc(O)c(OC)c1. The number of methoxy groups -OCH3 is 1. The lowest BCUT2D eigenvalue weighted by Crippen LogP contribution is -2.30. The number of phenolic OH excluding ortho intramolecular Hbond substituents is 1. The molecule has 1 rings (SSSR count). The molecule has 0 atom stereocenters. The number of amides is 1. The minimum Gasteiger partial charge on any atom is -0.504 e. The van der Waals surface area contributed by atoms with E-state index in [4.69, 9.17) is 4.74 Å². The van der Waals surface area contributed by atoms with Crippen LogP contribution in [0.5, 0.6) is 11.5 Å². The van der Waals surface area contributed by atoms with E-state index in [0.717, 1.165) is 12.8 Å². The van der Waals surface area contributed by atoms with Gasteiger partial charge in [-0.05, 0) is 18.6 Å². The number of phenols is 1. The van der Waals surface area contributed by atoms with Crippen molar-refractivity contribution in [3.8, 4) is 11.5 Å². The van der Waals surface area contributed by atoms with Crippen molar-refractivity contribution in [1.29, 1.82) is 0 Å². The number of carbonyl (C=O) groups is 1. The minimum absolute atomic E-state index is 0.0305. The first kappa shape index (κ1) is 14.4. The molecule has 0 aliphatic rings. The predicted molar refractivity (Wildman–Crippen MR) is 72.0 cm³/mol. The summed E-state index contributed by atoms with van der Waals surface area (Å²) < 4.78 is 5.00.